The SMILES string of the molecule is C[C@@H]1C[C@H]2[C@@H]3CCC4=CC(=O)C=C[C@]4(C)[C@@]3(F)[C@@H](O)C[C@]2(C)[C@@]1(OC(=O)c1ccco1)C(=O)CO. The van der Waals surface area contributed by atoms with Crippen molar-refractivity contribution in [3.05, 3.63) is 48.0 Å². The molecule has 1 aromatic heterocycles. The summed E-state index contributed by atoms with van der Waals surface area (Å²) in [4.78, 5) is 38.4. The van der Waals surface area contributed by atoms with Gasteiger partial charge in [-0.3, -0.25) is 9.59 Å². The number of esters is 1. The minimum absolute atomic E-state index is 0.0810. The van der Waals surface area contributed by atoms with Crippen LogP contribution in [0.25, 0.3) is 0 Å². The highest BCUT2D eigenvalue weighted by Gasteiger charge is 2.77. The fourth-order valence-corrected chi connectivity index (χ4v) is 8.11. The van der Waals surface area contributed by atoms with Crippen LogP contribution in [0.4, 0.5) is 4.39 Å². The molecule has 8 atom stereocenters. The molecule has 0 amide bonds. The van der Waals surface area contributed by atoms with Gasteiger partial charge >= 0.3 is 5.97 Å². The van der Waals surface area contributed by atoms with Gasteiger partial charge in [-0.2, -0.15) is 0 Å². The molecule has 3 fully saturated rings. The van der Waals surface area contributed by atoms with Crippen molar-refractivity contribution in [2.75, 3.05) is 6.61 Å². The number of Topliss-reactive ketones (excluding diaryl/α,β-unsaturated/α-hetero) is 1. The van der Waals surface area contributed by atoms with Crippen molar-refractivity contribution < 1.29 is 38.1 Å². The first-order valence-electron chi connectivity index (χ1n) is 12.2. The maximum Gasteiger partial charge on any atom is 0.375 e. The molecule has 0 saturated heterocycles. The summed E-state index contributed by atoms with van der Waals surface area (Å²) in [6.07, 6.45) is 5.35. The van der Waals surface area contributed by atoms with Gasteiger partial charge < -0.3 is 19.4 Å². The van der Waals surface area contributed by atoms with Crippen molar-refractivity contribution in [3.8, 4) is 0 Å². The Morgan fingerprint density at radius 3 is 2.69 bits per heavy atom. The summed E-state index contributed by atoms with van der Waals surface area (Å²) in [5, 5.41) is 21.4. The molecule has 7 nitrogen and oxygen atoms in total. The zero-order chi connectivity index (χ0) is 25.4. The lowest BCUT2D eigenvalue weighted by Gasteiger charge is -2.62. The largest absolute Gasteiger partial charge is 0.457 e. The van der Waals surface area contributed by atoms with E-state index >= 15 is 4.39 Å². The second-order valence-electron chi connectivity index (χ2n) is 11.1. The van der Waals surface area contributed by atoms with Gasteiger partial charge in [0.2, 0.25) is 11.5 Å². The number of ketones is 2. The lowest BCUT2D eigenvalue weighted by atomic mass is 9.44. The molecule has 4 aliphatic carbocycles. The highest BCUT2D eigenvalue weighted by molar-refractivity contribution is 6.01. The van der Waals surface area contributed by atoms with Crippen molar-refractivity contribution in [1.82, 2.24) is 0 Å². The number of alkyl halides is 1. The summed E-state index contributed by atoms with van der Waals surface area (Å²) < 4.78 is 28.4. The van der Waals surface area contributed by atoms with E-state index in [1.54, 1.807) is 26.8 Å². The molecule has 5 rings (SSSR count). The lowest BCUT2D eigenvalue weighted by molar-refractivity contribution is -0.219. The second kappa shape index (κ2) is 7.71. The van der Waals surface area contributed by atoms with Crippen LogP contribution in [0.15, 0.2) is 46.6 Å². The Balaban J connectivity index is 1.61. The van der Waals surface area contributed by atoms with Crippen molar-refractivity contribution in [1.29, 1.82) is 0 Å². The topological polar surface area (TPSA) is 114 Å². The zero-order valence-corrected chi connectivity index (χ0v) is 20.1. The van der Waals surface area contributed by atoms with E-state index in [9.17, 15) is 24.6 Å². The van der Waals surface area contributed by atoms with Gasteiger partial charge in [-0.05, 0) is 62.8 Å². The molecule has 0 spiro atoms. The number of allylic oxidation sites excluding steroid dienone is 4. The summed E-state index contributed by atoms with van der Waals surface area (Å²) in [7, 11) is 0. The van der Waals surface area contributed by atoms with Gasteiger partial charge in [0.1, 0.15) is 6.61 Å². The smallest absolute Gasteiger partial charge is 0.375 e. The quantitative estimate of drug-likeness (QED) is 0.628. The first-order valence-corrected chi connectivity index (χ1v) is 12.2. The van der Waals surface area contributed by atoms with E-state index < -0.39 is 64.3 Å². The third-order valence-corrected chi connectivity index (χ3v) is 9.71. The summed E-state index contributed by atoms with van der Waals surface area (Å²) in [5.74, 6) is -3.36. The summed E-state index contributed by atoms with van der Waals surface area (Å²) in [5.41, 5.74) is -5.44. The minimum atomic E-state index is -2.07. The normalized spacial score (nSPS) is 44.2. The Kier molecular flexibility index (Phi) is 5.31. The van der Waals surface area contributed by atoms with Crippen molar-refractivity contribution >= 4 is 17.5 Å². The number of ether oxygens (including phenoxy) is 1. The van der Waals surface area contributed by atoms with Gasteiger partial charge in [-0.1, -0.05) is 25.5 Å². The number of aliphatic hydroxyl groups excluding tert-OH is 2. The number of hydrogen-bond donors (Lipinski definition) is 2. The van der Waals surface area contributed by atoms with Crippen LogP contribution in [-0.2, 0) is 14.3 Å². The molecule has 35 heavy (non-hydrogen) atoms. The second-order valence-corrected chi connectivity index (χ2v) is 11.1. The first kappa shape index (κ1) is 24.1. The molecule has 188 valence electrons. The van der Waals surface area contributed by atoms with Gasteiger partial charge in [0.25, 0.3) is 0 Å². The Labute approximate surface area is 203 Å². The summed E-state index contributed by atoms with van der Waals surface area (Å²) >= 11 is 0. The van der Waals surface area contributed by atoms with E-state index in [0.717, 1.165) is 0 Å². The number of rotatable bonds is 4. The molecule has 0 aliphatic heterocycles. The number of fused-ring (bicyclic) bond motifs is 5. The molecular formula is C27H31FO7. The Morgan fingerprint density at radius 1 is 1.29 bits per heavy atom. The molecule has 0 aromatic carbocycles. The van der Waals surface area contributed by atoms with Gasteiger partial charge in [0.15, 0.2) is 17.1 Å². The van der Waals surface area contributed by atoms with Gasteiger partial charge in [-0.15, -0.1) is 0 Å². The standard InChI is InChI=1S/C27H31FO7/c1-15-11-19-18-7-6-16-12-17(30)8-9-24(16,2)26(18,28)21(31)13-25(19,3)27(15,22(32)14-29)35-23(33)20-5-4-10-34-20/h4-5,8-10,12,15,18-19,21,29,31H,6-7,11,13-14H2,1-3H3/t15-,18+,19+,21+,24+,25+,26+,27+/m1/s1. The summed E-state index contributed by atoms with van der Waals surface area (Å²) in [6, 6.07) is 2.95. The Morgan fingerprint density at radius 2 is 2.03 bits per heavy atom. The van der Waals surface area contributed by atoms with Crippen LogP contribution in [0, 0.1) is 28.6 Å². The predicted octanol–water partition coefficient (Wildman–Crippen LogP) is 3.35. The number of carbonyl (C=O) groups is 3. The minimum Gasteiger partial charge on any atom is -0.457 e. The van der Waals surface area contributed by atoms with E-state index in [4.69, 9.17) is 9.15 Å². The Hall–Kier alpha value is -2.58. The summed E-state index contributed by atoms with van der Waals surface area (Å²) in [6.45, 7) is 4.41. The molecule has 0 unspecified atom stereocenters. The molecule has 0 bridgehead atoms. The van der Waals surface area contributed by atoms with Crippen LogP contribution in [-0.4, -0.2) is 51.7 Å². The van der Waals surface area contributed by atoms with Gasteiger partial charge in [-0.25, -0.2) is 9.18 Å². The van der Waals surface area contributed by atoms with Gasteiger partial charge in [0.05, 0.1) is 12.4 Å². The fourth-order valence-electron chi connectivity index (χ4n) is 8.11. The number of halogens is 1. The van der Waals surface area contributed by atoms with Gasteiger partial charge in [0, 0.05) is 22.7 Å². The van der Waals surface area contributed by atoms with Crippen LogP contribution < -0.4 is 0 Å². The molecule has 1 aromatic rings. The van der Waals surface area contributed by atoms with Crippen molar-refractivity contribution in [3.63, 3.8) is 0 Å². The average Bonchev–Trinajstić information content (AvgIpc) is 3.42. The molecule has 2 N–H and O–H groups in total. The average molecular weight is 487 g/mol. The number of carbonyl (C=O) groups excluding carboxylic acids is 3. The molecule has 4 aliphatic rings. The third-order valence-electron chi connectivity index (χ3n) is 9.71. The first-order chi connectivity index (χ1) is 16.5. The molecular weight excluding hydrogens is 455 g/mol. The number of aliphatic hydroxyl groups is 2. The van der Waals surface area contributed by atoms with Crippen LogP contribution >= 0.6 is 0 Å². The molecule has 3 saturated carbocycles. The third kappa shape index (κ3) is 2.87. The van der Waals surface area contributed by atoms with Crippen LogP contribution in [0.2, 0.25) is 0 Å². The van der Waals surface area contributed by atoms with Crippen LogP contribution in [0.1, 0.15) is 57.0 Å². The number of furan rings is 1. The molecule has 0 radical (unpaired) electrons. The fraction of sp³-hybridized carbons (Fsp3) is 0.593. The molecule has 1 heterocycles. The lowest BCUT2D eigenvalue weighted by Crippen LogP contribution is -2.70. The van der Waals surface area contributed by atoms with E-state index in [1.807, 2.05) is 0 Å². The van der Waals surface area contributed by atoms with E-state index in [-0.39, 0.29) is 18.0 Å². The molecule has 8 heteroatoms. The van der Waals surface area contributed by atoms with E-state index in [0.29, 0.717) is 24.8 Å². The van der Waals surface area contributed by atoms with Crippen molar-refractivity contribution in [2.24, 2.45) is 28.6 Å². The predicted molar refractivity (Wildman–Crippen MR) is 122 cm³/mol. The van der Waals surface area contributed by atoms with E-state index in [2.05, 4.69) is 0 Å². The monoisotopic (exact) mass is 486 g/mol. The number of hydrogen-bond acceptors (Lipinski definition) is 7. The zero-order valence-electron chi connectivity index (χ0n) is 20.1. The highest BCUT2D eigenvalue weighted by Crippen LogP contribution is 2.71. The van der Waals surface area contributed by atoms with E-state index in [1.165, 1.54) is 30.5 Å². The van der Waals surface area contributed by atoms with Crippen molar-refractivity contribution in [2.45, 2.75) is 63.8 Å². The maximum absolute atomic E-state index is 17.3. The van der Waals surface area contributed by atoms with Crippen LogP contribution in [0.3, 0.4) is 0 Å². The van der Waals surface area contributed by atoms with Crippen LogP contribution in [0.5, 0.6) is 0 Å². The Bertz CT molecular complexity index is 1140. The maximum atomic E-state index is 17.3. The highest BCUT2D eigenvalue weighted by atomic mass is 19.1.